The van der Waals surface area contributed by atoms with Gasteiger partial charge in [-0.05, 0) is 57.2 Å². The fraction of sp³-hybridized carbons (Fsp3) is 0.278. The van der Waals surface area contributed by atoms with Gasteiger partial charge in [0.2, 0.25) is 10.0 Å². The number of sulfonamides is 1. The fourth-order valence-electron chi connectivity index (χ4n) is 2.14. The number of rotatable bonds is 6. The Morgan fingerprint density at radius 2 is 1.89 bits per heavy atom. The summed E-state index contributed by atoms with van der Waals surface area (Å²) in [4.78, 5) is 12.0. The smallest absolute Gasteiger partial charge is 0.262 e. The number of amides is 1. The number of carbonyl (C=O) groups is 1. The van der Waals surface area contributed by atoms with Crippen LogP contribution in [-0.2, 0) is 14.8 Å². The minimum absolute atomic E-state index is 0.0232. The molecule has 0 radical (unpaired) electrons. The Kier molecular flexibility index (Phi) is 6.61. The number of nitrogens with one attached hydrogen (secondary N) is 2. The van der Waals surface area contributed by atoms with Gasteiger partial charge in [0.25, 0.3) is 5.91 Å². The zero-order chi connectivity index (χ0) is 20.2. The van der Waals surface area contributed by atoms with Crippen molar-refractivity contribution in [2.75, 3.05) is 11.9 Å². The largest absolute Gasteiger partial charge is 0.481 e. The highest BCUT2D eigenvalue weighted by atomic mass is 79.9. The van der Waals surface area contributed by atoms with E-state index in [1.54, 1.807) is 32.9 Å². The quantitative estimate of drug-likeness (QED) is 0.691. The normalized spacial score (nSPS) is 11.9. The number of benzene rings is 2. The number of hydrogen-bond acceptors (Lipinski definition) is 4. The molecule has 0 heterocycles. The van der Waals surface area contributed by atoms with Crippen LogP contribution in [0.2, 0.25) is 0 Å². The Balaban J connectivity index is 2.04. The van der Waals surface area contributed by atoms with Crippen LogP contribution >= 0.6 is 15.9 Å². The van der Waals surface area contributed by atoms with Crippen molar-refractivity contribution < 1.29 is 22.3 Å². The Hall–Kier alpha value is -1.97. The maximum atomic E-state index is 13.7. The van der Waals surface area contributed by atoms with Gasteiger partial charge in [-0.3, -0.25) is 4.79 Å². The van der Waals surface area contributed by atoms with Gasteiger partial charge >= 0.3 is 0 Å². The molecule has 0 saturated carbocycles. The van der Waals surface area contributed by atoms with Gasteiger partial charge in [0.15, 0.2) is 18.2 Å². The fourth-order valence-corrected chi connectivity index (χ4v) is 3.93. The first-order valence-electron chi connectivity index (χ1n) is 7.98. The van der Waals surface area contributed by atoms with E-state index in [1.165, 1.54) is 30.3 Å². The third-order valence-corrected chi connectivity index (χ3v) is 5.37. The lowest BCUT2D eigenvalue weighted by Gasteiger charge is -2.20. The maximum absolute atomic E-state index is 13.7. The molecular formula is C18H20BrFN2O4S. The second-order valence-corrected chi connectivity index (χ2v) is 9.39. The van der Waals surface area contributed by atoms with Crippen molar-refractivity contribution in [2.24, 2.45) is 0 Å². The molecule has 6 nitrogen and oxygen atoms in total. The highest BCUT2D eigenvalue weighted by Crippen LogP contribution is 2.21. The summed E-state index contributed by atoms with van der Waals surface area (Å²) in [5.41, 5.74) is -0.350. The van der Waals surface area contributed by atoms with Crippen molar-refractivity contribution in [3.63, 3.8) is 0 Å². The summed E-state index contributed by atoms with van der Waals surface area (Å²) in [7, 11) is -3.73. The van der Waals surface area contributed by atoms with Crippen molar-refractivity contribution in [1.82, 2.24) is 4.72 Å². The molecule has 146 valence electrons. The summed E-state index contributed by atoms with van der Waals surface area (Å²) in [6, 6.07) is 10.1. The molecular weight excluding hydrogens is 439 g/mol. The molecule has 1 amide bonds. The number of ether oxygens (including phenoxy) is 1. The molecule has 0 spiro atoms. The van der Waals surface area contributed by atoms with Crippen LogP contribution < -0.4 is 14.8 Å². The molecule has 0 aromatic heterocycles. The van der Waals surface area contributed by atoms with Gasteiger partial charge in [0.1, 0.15) is 0 Å². The second kappa shape index (κ2) is 8.37. The van der Waals surface area contributed by atoms with E-state index in [0.29, 0.717) is 4.47 Å². The van der Waals surface area contributed by atoms with Gasteiger partial charge < -0.3 is 10.1 Å². The molecule has 27 heavy (non-hydrogen) atoms. The van der Waals surface area contributed by atoms with E-state index in [1.807, 2.05) is 0 Å². The standard InChI is InChI=1S/C18H20BrFN2O4S/c1-18(2,3)22-27(24,25)14-6-4-5-13(10-14)21-17(23)11-26-16-8-7-12(19)9-15(16)20/h4-10,22H,11H2,1-3H3,(H,21,23). The molecule has 2 N–H and O–H groups in total. The van der Waals surface area contributed by atoms with Crippen LogP contribution in [0.25, 0.3) is 0 Å². The Labute approximate surface area is 166 Å². The van der Waals surface area contributed by atoms with Crippen molar-refractivity contribution in [2.45, 2.75) is 31.2 Å². The van der Waals surface area contributed by atoms with Gasteiger partial charge in [-0.1, -0.05) is 22.0 Å². The predicted molar refractivity (Wildman–Crippen MR) is 105 cm³/mol. The molecule has 0 atom stereocenters. The molecule has 0 aliphatic carbocycles. The minimum Gasteiger partial charge on any atom is -0.481 e. The number of hydrogen-bond donors (Lipinski definition) is 2. The van der Waals surface area contributed by atoms with Crippen LogP contribution in [0.15, 0.2) is 51.8 Å². The number of carbonyl (C=O) groups excluding carboxylic acids is 1. The molecule has 2 aromatic rings. The molecule has 0 aliphatic rings. The van der Waals surface area contributed by atoms with Crippen LogP contribution in [0.3, 0.4) is 0 Å². The highest BCUT2D eigenvalue weighted by Gasteiger charge is 2.22. The average molecular weight is 459 g/mol. The lowest BCUT2D eigenvalue weighted by atomic mass is 10.1. The van der Waals surface area contributed by atoms with Gasteiger partial charge in [0.05, 0.1) is 4.90 Å². The zero-order valence-electron chi connectivity index (χ0n) is 15.0. The first kappa shape index (κ1) is 21.3. The molecule has 0 fully saturated rings. The molecule has 0 saturated heterocycles. The Bertz CT molecular complexity index is 943. The Morgan fingerprint density at radius 1 is 1.19 bits per heavy atom. The molecule has 2 rings (SSSR count). The lowest BCUT2D eigenvalue weighted by Crippen LogP contribution is -2.40. The topological polar surface area (TPSA) is 84.5 Å². The summed E-state index contributed by atoms with van der Waals surface area (Å²) < 4.78 is 46.7. The van der Waals surface area contributed by atoms with E-state index >= 15 is 0 Å². The van der Waals surface area contributed by atoms with E-state index in [9.17, 15) is 17.6 Å². The summed E-state index contributed by atoms with van der Waals surface area (Å²) in [6.07, 6.45) is 0. The molecule has 0 aliphatic heterocycles. The summed E-state index contributed by atoms with van der Waals surface area (Å²) >= 11 is 3.13. The number of halogens is 2. The summed E-state index contributed by atoms with van der Waals surface area (Å²) in [5, 5.41) is 2.53. The second-order valence-electron chi connectivity index (χ2n) is 6.79. The van der Waals surface area contributed by atoms with Crippen molar-refractivity contribution in [1.29, 1.82) is 0 Å². The summed E-state index contributed by atoms with van der Waals surface area (Å²) in [6.45, 7) is 4.77. The zero-order valence-corrected chi connectivity index (χ0v) is 17.4. The van der Waals surface area contributed by atoms with E-state index in [0.717, 1.165) is 0 Å². The van der Waals surface area contributed by atoms with Crippen LogP contribution in [-0.4, -0.2) is 26.5 Å². The van der Waals surface area contributed by atoms with E-state index in [4.69, 9.17) is 4.74 Å². The minimum atomic E-state index is -3.73. The van der Waals surface area contributed by atoms with Gasteiger partial charge in [-0.2, -0.15) is 0 Å². The first-order chi connectivity index (χ1) is 12.5. The molecule has 0 unspecified atom stereocenters. The SMILES string of the molecule is CC(C)(C)NS(=O)(=O)c1cccc(NC(=O)COc2ccc(Br)cc2F)c1. The summed E-state index contributed by atoms with van der Waals surface area (Å²) in [5.74, 6) is -1.20. The van der Waals surface area contributed by atoms with Crippen LogP contribution in [0.5, 0.6) is 5.75 Å². The maximum Gasteiger partial charge on any atom is 0.262 e. The van der Waals surface area contributed by atoms with Crippen LogP contribution in [0.4, 0.5) is 10.1 Å². The van der Waals surface area contributed by atoms with E-state index in [-0.39, 0.29) is 16.3 Å². The van der Waals surface area contributed by atoms with Gasteiger partial charge in [0, 0.05) is 15.7 Å². The van der Waals surface area contributed by atoms with E-state index in [2.05, 4.69) is 26.0 Å². The van der Waals surface area contributed by atoms with Gasteiger partial charge in [-0.15, -0.1) is 0 Å². The van der Waals surface area contributed by atoms with Crippen molar-refractivity contribution >= 4 is 37.5 Å². The average Bonchev–Trinajstić information content (AvgIpc) is 2.52. The predicted octanol–water partition coefficient (Wildman–Crippen LogP) is 3.68. The first-order valence-corrected chi connectivity index (χ1v) is 10.3. The van der Waals surface area contributed by atoms with Crippen molar-refractivity contribution in [3.05, 3.63) is 52.8 Å². The Morgan fingerprint density at radius 3 is 2.52 bits per heavy atom. The van der Waals surface area contributed by atoms with Crippen molar-refractivity contribution in [3.8, 4) is 5.75 Å². The van der Waals surface area contributed by atoms with E-state index < -0.39 is 33.9 Å². The number of anilines is 1. The molecule has 9 heteroatoms. The van der Waals surface area contributed by atoms with Crippen LogP contribution in [0, 0.1) is 5.82 Å². The molecule has 2 aromatic carbocycles. The molecule has 0 bridgehead atoms. The monoisotopic (exact) mass is 458 g/mol. The third kappa shape index (κ3) is 6.60. The lowest BCUT2D eigenvalue weighted by molar-refractivity contribution is -0.118. The third-order valence-electron chi connectivity index (χ3n) is 3.12. The highest BCUT2D eigenvalue weighted by molar-refractivity contribution is 9.10. The van der Waals surface area contributed by atoms with Gasteiger partial charge in [-0.25, -0.2) is 17.5 Å². The van der Waals surface area contributed by atoms with Crippen LogP contribution in [0.1, 0.15) is 20.8 Å².